The molecule has 0 aliphatic carbocycles. The number of aromatic amines is 2. The van der Waals surface area contributed by atoms with Gasteiger partial charge in [0.1, 0.15) is 0 Å². The van der Waals surface area contributed by atoms with Crippen LogP contribution in [0.3, 0.4) is 0 Å². The maximum Gasteiger partial charge on any atom is 0.325 e. The van der Waals surface area contributed by atoms with Crippen LogP contribution in [0, 0.1) is 0 Å². The quantitative estimate of drug-likeness (QED) is 0.426. The summed E-state index contributed by atoms with van der Waals surface area (Å²) >= 11 is 5.87. The number of aromatic nitrogens is 4. The molecule has 0 fully saturated rings. The van der Waals surface area contributed by atoms with Gasteiger partial charge in [0, 0.05) is 28.0 Å². The molecule has 0 radical (unpaired) electrons. The van der Waals surface area contributed by atoms with Crippen molar-refractivity contribution in [1.82, 2.24) is 20.2 Å². The molecule has 152 valence electrons. The third kappa shape index (κ3) is 4.02. The fourth-order valence-corrected chi connectivity index (χ4v) is 3.75. The predicted octanol–water partition coefficient (Wildman–Crippen LogP) is 2.23. The van der Waals surface area contributed by atoms with Gasteiger partial charge in [-0.3, -0.25) is 14.5 Å². The van der Waals surface area contributed by atoms with Crippen LogP contribution < -0.4 is 16.0 Å². The summed E-state index contributed by atoms with van der Waals surface area (Å²) in [6, 6.07) is 13.0. The van der Waals surface area contributed by atoms with Crippen LogP contribution in [0.1, 0.15) is 0 Å². The first-order valence-electron chi connectivity index (χ1n) is 8.36. The average Bonchev–Trinajstić information content (AvgIpc) is 3.18. The zero-order valence-electron chi connectivity index (χ0n) is 14.9. The van der Waals surface area contributed by atoms with Crippen LogP contribution in [0.4, 0.5) is 5.69 Å². The van der Waals surface area contributed by atoms with Crippen molar-refractivity contribution in [2.45, 2.75) is 4.90 Å². The lowest BCUT2D eigenvalue weighted by Gasteiger charge is -2.07. The standard InChI is InChI=1S/C18H12ClN5O5S/c19-12-6-4-10(5-7-12)16-22-23-17(29-16)11-2-1-3-13(8-11)24-30(27,28)14-9-20-18(26)21-15(14)25/h1-9,24H,(H2,20,21,25,26). The lowest BCUT2D eigenvalue weighted by atomic mass is 10.2. The zero-order chi connectivity index (χ0) is 21.3. The Morgan fingerprint density at radius 3 is 2.37 bits per heavy atom. The normalized spacial score (nSPS) is 11.4. The first-order chi connectivity index (χ1) is 14.3. The van der Waals surface area contributed by atoms with E-state index >= 15 is 0 Å². The van der Waals surface area contributed by atoms with Crippen molar-refractivity contribution in [3.63, 3.8) is 0 Å². The summed E-state index contributed by atoms with van der Waals surface area (Å²) < 4.78 is 32.9. The molecule has 0 spiro atoms. The maximum absolute atomic E-state index is 12.5. The highest BCUT2D eigenvalue weighted by molar-refractivity contribution is 7.92. The van der Waals surface area contributed by atoms with E-state index in [2.05, 4.69) is 19.9 Å². The summed E-state index contributed by atoms with van der Waals surface area (Å²) in [6.07, 6.45) is 0.823. The van der Waals surface area contributed by atoms with Gasteiger partial charge in [-0.2, -0.15) is 0 Å². The van der Waals surface area contributed by atoms with Gasteiger partial charge in [-0.05, 0) is 42.5 Å². The van der Waals surface area contributed by atoms with E-state index in [-0.39, 0.29) is 17.5 Å². The molecule has 2 aromatic heterocycles. The molecule has 2 heterocycles. The van der Waals surface area contributed by atoms with E-state index in [1.54, 1.807) is 36.4 Å². The highest BCUT2D eigenvalue weighted by Crippen LogP contribution is 2.27. The molecule has 0 atom stereocenters. The largest absolute Gasteiger partial charge is 0.416 e. The van der Waals surface area contributed by atoms with Crippen molar-refractivity contribution >= 4 is 27.3 Å². The van der Waals surface area contributed by atoms with Crippen molar-refractivity contribution < 1.29 is 12.8 Å². The van der Waals surface area contributed by atoms with Crippen molar-refractivity contribution in [3.8, 4) is 22.9 Å². The fourth-order valence-electron chi connectivity index (χ4n) is 2.57. The summed E-state index contributed by atoms with van der Waals surface area (Å²) in [5, 5.41) is 8.54. The SMILES string of the molecule is O=c1[nH]cc(S(=O)(=O)Nc2cccc(-c3nnc(-c4ccc(Cl)cc4)o3)c2)c(=O)[nH]1. The first-order valence-corrected chi connectivity index (χ1v) is 10.2. The van der Waals surface area contributed by atoms with E-state index in [0.29, 0.717) is 16.1 Å². The minimum Gasteiger partial charge on any atom is -0.416 e. The van der Waals surface area contributed by atoms with Gasteiger partial charge in [-0.1, -0.05) is 17.7 Å². The van der Waals surface area contributed by atoms with Gasteiger partial charge in [0.05, 0.1) is 0 Å². The van der Waals surface area contributed by atoms with Crippen molar-refractivity contribution in [2.24, 2.45) is 0 Å². The minimum atomic E-state index is -4.24. The second-order valence-corrected chi connectivity index (χ2v) is 8.13. The second-order valence-electron chi connectivity index (χ2n) is 6.04. The molecule has 0 unspecified atom stereocenters. The predicted molar refractivity (Wildman–Crippen MR) is 109 cm³/mol. The van der Waals surface area contributed by atoms with Crippen LogP contribution >= 0.6 is 11.6 Å². The van der Waals surface area contributed by atoms with Gasteiger partial charge in [0.15, 0.2) is 4.90 Å². The highest BCUT2D eigenvalue weighted by atomic mass is 35.5. The molecule has 0 aliphatic rings. The van der Waals surface area contributed by atoms with E-state index < -0.39 is 26.2 Å². The Labute approximate surface area is 173 Å². The number of hydrogen-bond acceptors (Lipinski definition) is 7. The van der Waals surface area contributed by atoms with Crippen molar-refractivity contribution in [2.75, 3.05) is 4.72 Å². The van der Waals surface area contributed by atoms with Gasteiger partial charge in [0.2, 0.25) is 11.8 Å². The van der Waals surface area contributed by atoms with Crippen LogP contribution in [-0.2, 0) is 10.0 Å². The molecule has 10 nitrogen and oxygen atoms in total. The number of benzene rings is 2. The maximum atomic E-state index is 12.5. The Morgan fingerprint density at radius 2 is 1.67 bits per heavy atom. The van der Waals surface area contributed by atoms with Gasteiger partial charge < -0.3 is 9.40 Å². The molecular weight excluding hydrogens is 434 g/mol. The first kappa shape index (κ1) is 19.6. The number of H-pyrrole nitrogens is 2. The van der Waals surface area contributed by atoms with Gasteiger partial charge in [0.25, 0.3) is 15.6 Å². The number of rotatable bonds is 5. The summed E-state index contributed by atoms with van der Waals surface area (Å²) in [5.74, 6) is 0.440. The molecule has 0 amide bonds. The number of sulfonamides is 1. The Morgan fingerprint density at radius 1 is 0.967 bits per heavy atom. The molecule has 30 heavy (non-hydrogen) atoms. The lowest BCUT2D eigenvalue weighted by Crippen LogP contribution is -2.29. The van der Waals surface area contributed by atoms with Gasteiger partial charge in [-0.25, -0.2) is 13.2 Å². The summed E-state index contributed by atoms with van der Waals surface area (Å²) in [4.78, 5) is 26.2. The number of halogens is 1. The van der Waals surface area contributed by atoms with Crippen LogP contribution in [0.15, 0.2) is 73.6 Å². The van der Waals surface area contributed by atoms with Crippen LogP contribution in [0.25, 0.3) is 22.9 Å². The summed E-state index contributed by atoms with van der Waals surface area (Å²) in [5.41, 5.74) is -0.560. The number of anilines is 1. The average molecular weight is 446 g/mol. The summed E-state index contributed by atoms with van der Waals surface area (Å²) in [6.45, 7) is 0. The lowest BCUT2D eigenvalue weighted by molar-refractivity contribution is 0.584. The Kier molecular flexibility index (Phi) is 4.98. The van der Waals surface area contributed by atoms with Crippen molar-refractivity contribution in [3.05, 3.63) is 80.6 Å². The molecule has 0 saturated carbocycles. The monoisotopic (exact) mass is 445 g/mol. The fraction of sp³-hybridized carbons (Fsp3) is 0. The Bertz CT molecular complexity index is 1440. The topological polar surface area (TPSA) is 151 Å². The third-order valence-electron chi connectivity index (χ3n) is 3.95. The smallest absolute Gasteiger partial charge is 0.325 e. The van der Waals surface area contributed by atoms with E-state index in [0.717, 1.165) is 6.20 Å². The number of nitrogens with zero attached hydrogens (tertiary/aromatic N) is 2. The van der Waals surface area contributed by atoms with E-state index in [1.165, 1.54) is 12.1 Å². The van der Waals surface area contributed by atoms with Crippen LogP contribution in [0.2, 0.25) is 5.02 Å². The number of nitrogens with one attached hydrogen (secondary N) is 3. The molecule has 4 aromatic rings. The molecule has 4 rings (SSSR count). The Hall–Kier alpha value is -3.70. The van der Waals surface area contributed by atoms with Crippen molar-refractivity contribution in [1.29, 1.82) is 0 Å². The molecule has 0 aliphatic heterocycles. The van der Waals surface area contributed by atoms with Crippen LogP contribution in [-0.4, -0.2) is 28.6 Å². The molecule has 2 aromatic carbocycles. The number of hydrogen-bond donors (Lipinski definition) is 3. The van der Waals surface area contributed by atoms with E-state index in [1.807, 2.05) is 4.98 Å². The summed E-state index contributed by atoms with van der Waals surface area (Å²) in [7, 11) is -4.24. The molecule has 12 heteroatoms. The zero-order valence-corrected chi connectivity index (χ0v) is 16.5. The van der Waals surface area contributed by atoms with Gasteiger partial charge in [-0.15, -0.1) is 10.2 Å². The van der Waals surface area contributed by atoms with Crippen LogP contribution in [0.5, 0.6) is 0 Å². The van der Waals surface area contributed by atoms with E-state index in [4.69, 9.17) is 16.0 Å². The molecule has 0 saturated heterocycles. The molecule has 0 bridgehead atoms. The van der Waals surface area contributed by atoms with E-state index in [9.17, 15) is 18.0 Å². The van der Waals surface area contributed by atoms with Gasteiger partial charge >= 0.3 is 5.69 Å². The second kappa shape index (κ2) is 7.61. The Balaban J connectivity index is 1.62. The molecular formula is C18H12ClN5O5S. The highest BCUT2D eigenvalue weighted by Gasteiger charge is 2.19. The molecule has 3 N–H and O–H groups in total. The third-order valence-corrected chi connectivity index (χ3v) is 5.59. The minimum absolute atomic E-state index is 0.157.